The molecule has 0 nitrogen and oxygen atoms in total. The van der Waals surface area contributed by atoms with Gasteiger partial charge < -0.3 is 0 Å². The second-order valence-corrected chi connectivity index (χ2v) is 22.8. The van der Waals surface area contributed by atoms with Crippen LogP contribution in [0.3, 0.4) is 0 Å². The van der Waals surface area contributed by atoms with Crippen molar-refractivity contribution in [3.05, 3.63) is 291 Å². The molecule has 81 heavy (non-hydrogen) atoms. The SMILES string of the molecule is c1cc(-c2cc3ccccc3c3ccccc23)cc(-c2cc(-c3cc4ccccc4c4ccccc34)cc3c2sc2c(-c4cccc(-c5cc6ccccc6c6ccccc56)c4)cc(-c4cc5ccccc5c5ccccc45)cc23)c1. The molecule has 374 valence electrons. The van der Waals surface area contributed by atoms with Gasteiger partial charge in [0.2, 0.25) is 0 Å². The van der Waals surface area contributed by atoms with Crippen molar-refractivity contribution >= 4 is 118 Å². The number of hydrogen-bond donors (Lipinski definition) is 0. The van der Waals surface area contributed by atoms with Gasteiger partial charge in [-0.15, -0.1) is 11.3 Å². The molecule has 0 unspecified atom stereocenters. The first-order chi connectivity index (χ1) is 40.1. The molecule has 0 spiro atoms. The van der Waals surface area contributed by atoms with Crippen LogP contribution in [-0.2, 0) is 0 Å². The quantitative estimate of drug-likeness (QED) is 0.146. The average molecular weight is 1040 g/mol. The molecule has 0 amide bonds. The number of thiophene rings is 1. The van der Waals surface area contributed by atoms with Crippen molar-refractivity contribution in [1.29, 1.82) is 0 Å². The highest BCUT2D eigenvalue weighted by molar-refractivity contribution is 7.27. The van der Waals surface area contributed by atoms with E-state index in [4.69, 9.17) is 0 Å². The molecule has 1 heteroatoms. The minimum Gasteiger partial charge on any atom is -0.134 e. The molecule has 0 aliphatic carbocycles. The first kappa shape index (κ1) is 45.8. The maximum absolute atomic E-state index is 2.51. The van der Waals surface area contributed by atoms with Gasteiger partial charge in [0.15, 0.2) is 0 Å². The van der Waals surface area contributed by atoms with Gasteiger partial charge in [-0.2, -0.15) is 0 Å². The van der Waals surface area contributed by atoms with Crippen LogP contribution in [0.2, 0.25) is 0 Å². The molecule has 0 fully saturated rings. The smallest absolute Gasteiger partial charge is 0.0434 e. The second kappa shape index (κ2) is 18.2. The lowest BCUT2D eigenvalue weighted by molar-refractivity contribution is 1.63. The molecule has 0 aliphatic rings. The van der Waals surface area contributed by atoms with Gasteiger partial charge in [0.1, 0.15) is 0 Å². The van der Waals surface area contributed by atoms with E-state index in [0.717, 1.165) is 0 Å². The van der Waals surface area contributed by atoms with Crippen LogP contribution in [0.1, 0.15) is 0 Å². The fourth-order valence-electron chi connectivity index (χ4n) is 13.6. The van der Waals surface area contributed by atoms with Gasteiger partial charge >= 0.3 is 0 Å². The normalized spacial score (nSPS) is 12.0. The highest BCUT2D eigenvalue weighted by Crippen LogP contribution is 2.51. The summed E-state index contributed by atoms with van der Waals surface area (Å²) in [4.78, 5) is 0. The monoisotopic (exact) mass is 1040 g/mol. The molecular weight excluding hydrogens is 993 g/mol. The van der Waals surface area contributed by atoms with Crippen LogP contribution in [0.25, 0.3) is 173 Å². The zero-order chi connectivity index (χ0) is 53.1. The lowest BCUT2D eigenvalue weighted by Gasteiger charge is -2.15. The minimum atomic E-state index is 1.20. The Bertz CT molecular complexity index is 5140. The molecule has 1 aromatic heterocycles. The molecule has 0 radical (unpaired) electrons. The van der Waals surface area contributed by atoms with Gasteiger partial charge in [0.25, 0.3) is 0 Å². The molecule has 0 N–H and O–H groups in total. The summed E-state index contributed by atoms with van der Waals surface area (Å²) in [6.45, 7) is 0. The van der Waals surface area contributed by atoms with E-state index in [2.05, 4.69) is 291 Å². The van der Waals surface area contributed by atoms with E-state index < -0.39 is 0 Å². The number of fused-ring (bicyclic) bond motifs is 15. The van der Waals surface area contributed by atoms with E-state index >= 15 is 0 Å². The summed E-state index contributed by atoms with van der Waals surface area (Å²) in [5, 5.41) is 22.6. The lowest BCUT2D eigenvalue weighted by Crippen LogP contribution is -1.89. The topological polar surface area (TPSA) is 0 Å². The van der Waals surface area contributed by atoms with Crippen molar-refractivity contribution in [3.8, 4) is 66.8 Å². The maximum atomic E-state index is 2.51. The van der Waals surface area contributed by atoms with Gasteiger partial charge in [-0.25, -0.2) is 0 Å². The third kappa shape index (κ3) is 7.29. The van der Waals surface area contributed by atoms with Crippen LogP contribution in [0.4, 0.5) is 0 Å². The molecular formula is C80H48S. The Morgan fingerprint density at radius 3 is 0.704 bits per heavy atom. The Morgan fingerprint density at radius 2 is 0.395 bits per heavy atom. The largest absolute Gasteiger partial charge is 0.134 e. The Balaban J connectivity index is 0.978. The Labute approximate surface area is 472 Å². The molecule has 0 atom stereocenters. The molecule has 17 aromatic rings. The fourth-order valence-corrected chi connectivity index (χ4v) is 14.9. The van der Waals surface area contributed by atoms with Crippen LogP contribution in [0.15, 0.2) is 291 Å². The standard InChI is InChI=1S/C80H48S/c1-5-27-59-53(19-1)41-71(67-35-13-9-31-63(59)67)49-23-17-25-51(39-49)75-45-57(73-43-55-21-3-7-29-61(55)65-33-11-15-37-69(65)73)47-77-78-48-58(74-44-56-22-4-8-30-62(56)66-34-12-16-38-70(66)74)46-76(80(78)81-79(75)77)52-26-18-24-50(40-52)72-42-54-20-2-6-28-60(54)64-32-10-14-36-68(64)72/h1-48H. The summed E-state index contributed by atoms with van der Waals surface area (Å²) >= 11 is 1.94. The third-order valence-electron chi connectivity index (χ3n) is 17.3. The average Bonchev–Trinajstić information content (AvgIpc) is 4.20. The summed E-state index contributed by atoms with van der Waals surface area (Å²) < 4.78 is 2.55. The van der Waals surface area contributed by atoms with Crippen LogP contribution < -0.4 is 0 Å². The van der Waals surface area contributed by atoms with Crippen molar-refractivity contribution in [3.63, 3.8) is 0 Å². The van der Waals surface area contributed by atoms with Crippen molar-refractivity contribution in [2.45, 2.75) is 0 Å². The summed E-state index contributed by atoms with van der Waals surface area (Å²) in [5.74, 6) is 0. The summed E-state index contributed by atoms with van der Waals surface area (Å²) in [7, 11) is 0. The predicted octanol–water partition coefficient (Wildman–Crippen LogP) is 23.3. The summed E-state index contributed by atoms with van der Waals surface area (Å²) in [6, 6.07) is 109. The van der Waals surface area contributed by atoms with Crippen molar-refractivity contribution in [1.82, 2.24) is 0 Å². The first-order valence-corrected chi connectivity index (χ1v) is 28.9. The van der Waals surface area contributed by atoms with Crippen LogP contribution >= 0.6 is 11.3 Å². The van der Waals surface area contributed by atoms with E-state index in [-0.39, 0.29) is 0 Å². The second-order valence-electron chi connectivity index (χ2n) is 21.8. The molecule has 16 aromatic carbocycles. The first-order valence-electron chi connectivity index (χ1n) is 28.0. The van der Waals surface area contributed by atoms with E-state index in [0.29, 0.717) is 0 Å². The van der Waals surface area contributed by atoms with E-state index in [9.17, 15) is 0 Å². The van der Waals surface area contributed by atoms with Crippen molar-refractivity contribution in [2.75, 3.05) is 0 Å². The predicted molar refractivity (Wildman–Crippen MR) is 352 cm³/mol. The van der Waals surface area contributed by atoms with Crippen LogP contribution in [0.5, 0.6) is 0 Å². The highest BCUT2D eigenvalue weighted by atomic mass is 32.1. The number of hydrogen-bond acceptors (Lipinski definition) is 1. The molecule has 0 aliphatic heterocycles. The Hall–Kier alpha value is -10.2. The number of rotatable bonds is 6. The van der Waals surface area contributed by atoms with E-state index in [1.807, 2.05) is 11.3 Å². The van der Waals surface area contributed by atoms with E-state index in [1.54, 1.807) is 0 Å². The zero-order valence-corrected chi connectivity index (χ0v) is 44.9. The minimum absolute atomic E-state index is 1.20. The maximum Gasteiger partial charge on any atom is 0.0434 e. The van der Waals surface area contributed by atoms with Crippen LogP contribution in [0, 0.1) is 0 Å². The molecule has 0 saturated carbocycles. The molecule has 17 rings (SSSR count). The summed E-state index contributed by atoms with van der Waals surface area (Å²) in [6.07, 6.45) is 0. The molecule has 0 saturated heterocycles. The van der Waals surface area contributed by atoms with Gasteiger partial charge in [0, 0.05) is 31.3 Å². The molecule has 0 bridgehead atoms. The lowest BCUT2D eigenvalue weighted by atomic mass is 9.88. The van der Waals surface area contributed by atoms with Gasteiger partial charge in [-0.05, 0) is 202 Å². The van der Waals surface area contributed by atoms with Crippen molar-refractivity contribution in [2.24, 2.45) is 0 Å². The highest BCUT2D eigenvalue weighted by Gasteiger charge is 2.22. The van der Waals surface area contributed by atoms with Gasteiger partial charge in [-0.3, -0.25) is 0 Å². The Morgan fingerprint density at radius 1 is 0.148 bits per heavy atom. The van der Waals surface area contributed by atoms with Gasteiger partial charge in [-0.1, -0.05) is 231 Å². The fraction of sp³-hybridized carbons (Fsp3) is 0. The molecule has 1 heterocycles. The Kier molecular flexibility index (Phi) is 10.3. The van der Waals surface area contributed by atoms with Crippen LogP contribution in [-0.4, -0.2) is 0 Å². The van der Waals surface area contributed by atoms with Crippen molar-refractivity contribution < 1.29 is 0 Å². The summed E-state index contributed by atoms with van der Waals surface area (Å²) in [5.41, 5.74) is 14.6. The van der Waals surface area contributed by atoms with E-state index in [1.165, 1.54) is 173 Å². The number of benzene rings is 16. The van der Waals surface area contributed by atoms with Gasteiger partial charge in [0.05, 0.1) is 0 Å². The third-order valence-corrected chi connectivity index (χ3v) is 18.6. The zero-order valence-electron chi connectivity index (χ0n) is 44.1.